The normalized spacial score (nSPS) is 11.4. The van der Waals surface area contributed by atoms with Crippen LogP contribution in [0.4, 0.5) is 0 Å². The van der Waals surface area contributed by atoms with Gasteiger partial charge >= 0.3 is 0 Å². The van der Waals surface area contributed by atoms with Gasteiger partial charge in [0, 0.05) is 37.6 Å². The predicted molar refractivity (Wildman–Crippen MR) is 71.8 cm³/mol. The van der Waals surface area contributed by atoms with E-state index in [-0.39, 0.29) is 0 Å². The van der Waals surface area contributed by atoms with Gasteiger partial charge in [-0.25, -0.2) is 4.98 Å². The molecule has 0 saturated carbocycles. The maximum Gasteiger partial charge on any atom is 0.140 e. The number of rotatable bonds is 4. The highest BCUT2D eigenvalue weighted by atomic mass is 15.3. The summed E-state index contributed by atoms with van der Waals surface area (Å²) in [4.78, 5) is 4.28. The SMILES string of the molecule is Cc1nn(C)c(-n2ccnc2C)c1CNC(C)C. The van der Waals surface area contributed by atoms with Crippen LogP contribution in [-0.2, 0) is 13.6 Å². The summed E-state index contributed by atoms with van der Waals surface area (Å²) in [5.41, 5.74) is 2.29. The van der Waals surface area contributed by atoms with E-state index in [9.17, 15) is 0 Å². The van der Waals surface area contributed by atoms with Crippen LogP contribution in [0.3, 0.4) is 0 Å². The number of hydrogen-bond donors (Lipinski definition) is 1. The molecule has 2 rings (SSSR count). The van der Waals surface area contributed by atoms with Gasteiger partial charge in [0.2, 0.25) is 0 Å². The molecule has 2 aromatic rings. The number of hydrogen-bond acceptors (Lipinski definition) is 3. The Kier molecular flexibility index (Phi) is 3.52. The first-order chi connectivity index (χ1) is 8.50. The van der Waals surface area contributed by atoms with Gasteiger partial charge in [-0.2, -0.15) is 5.10 Å². The highest BCUT2D eigenvalue weighted by Gasteiger charge is 2.16. The fourth-order valence-electron chi connectivity index (χ4n) is 2.11. The summed E-state index contributed by atoms with van der Waals surface area (Å²) in [5, 5.41) is 7.96. The van der Waals surface area contributed by atoms with Gasteiger partial charge in [-0.3, -0.25) is 9.25 Å². The first-order valence-electron chi connectivity index (χ1n) is 6.27. The Morgan fingerprint density at radius 1 is 1.33 bits per heavy atom. The average Bonchev–Trinajstić information content (AvgIpc) is 2.79. The molecule has 5 nitrogen and oxygen atoms in total. The number of aromatic nitrogens is 4. The van der Waals surface area contributed by atoms with Crippen LogP contribution in [0.2, 0.25) is 0 Å². The van der Waals surface area contributed by atoms with E-state index in [1.54, 1.807) is 0 Å². The van der Waals surface area contributed by atoms with Crippen LogP contribution in [0.5, 0.6) is 0 Å². The van der Waals surface area contributed by atoms with Crippen molar-refractivity contribution in [2.45, 2.75) is 40.3 Å². The van der Waals surface area contributed by atoms with Gasteiger partial charge in [-0.15, -0.1) is 0 Å². The fourth-order valence-corrected chi connectivity index (χ4v) is 2.11. The lowest BCUT2D eigenvalue weighted by molar-refractivity contribution is 0.585. The van der Waals surface area contributed by atoms with Gasteiger partial charge in [0.25, 0.3) is 0 Å². The average molecular weight is 247 g/mol. The van der Waals surface area contributed by atoms with Gasteiger partial charge in [0.15, 0.2) is 0 Å². The maximum atomic E-state index is 4.51. The zero-order valence-electron chi connectivity index (χ0n) is 11.7. The van der Waals surface area contributed by atoms with E-state index >= 15 is 0 Å². The molecular formula is C13H21N5. The van der Waals surface area contributed by atoms with E-state index in [1.807, 2.05) is 38.0 Å². The second kappa shape index (κ2) is 4.94. The molecule has 0 aromatic carbocycles. The minimum Gasteiger partial charge on any atom is -0.310 e. The molecule has 2 aromatic heterocycles. The minimum absolute atomic E-state index is 0.460. The molecule has 2 heterocycles. The summed E-state index contributed by atoms with van der Waals surface area (Å²) in [7, 11) is 1.97. The first-order valence-corrected chi connectivity index (χ1v) is 6.27. The Morgan fingerprint density at radius 2 is 2.06 bits per heavy atom. The van der Waals surface area contributed by atoms with E-state index in [2.05, 4.69) is 33.8 Å². The van der Waals surface area contributed by atoms with Crippen LogP contribution in [-0.4, -0.2) is 25.4 Å². The minimum atomic E-state index is 0.460. The predicted octanol–water partition coefficient (Wildman–Crippen LogP) is 1.72. The summed E-state index contributed by atoms with van der Waals surface area (Å²) in [6, 6.07) is 0.460. The number of nitrogens with zero attached hydrogens (tertiary/aromatic N) is 4. The molecule has 5 heteroatoms. The highest BCUT2D eigenvalue weighted by molar-refractivity contribution is 5.39. The number of imidazole rings is 1. The van der Waals surface area contributed by atoms with Crippen molar-refractivity contribution in [3.05, 3.63) is 29.5 Å². The molecule has 0 aliphatic carbocycles. The third-order valence-corrected chi connectivity index (χ3v) is 3.05. The van der Waals surface area contributed by atoms with Crippen molar-refractivity contribution < 1.29 is 0 Å². The largest absolute Gasteiger partial charge is 0.310 e. The molecular weight excluding hydrogens is 226 g/mol. The monoisotopic (exact) mass is 247 g/mol. The summed E-state index contributed by atoms with van der Waals surface area (Å²) in [6.07, 6.45) is 3.79. The van der Waals surface area contributed by atoms with Gasteiger partial charge < -0.3 is 5.32 Å². The lowest BCUT2D eigenvalue weighted by Crippen LogP contribution is -2.23. The molecule has 0 fully saturated rings. The molecule has 98 valence electrons. The van der Waals surface area contributed by atoms with Crippen LogP contribution in [0, 0.1) is 13.8 Å². The van der Waals surface area contributed by atoms with Gasteiger partial charge in [0.05, 0.1) is 5.69 Å². The quantitative estimate of drug-likeness (QED) is 0.895. The van der Waals surface area contributed by atoms with Crippen molar-refractivity contribution in [2.75, 3.05) is 0 Å². The van der Waals surface area contributed by atoms with Crippen molar-refractivity contribution in [1.29, 1.82) is 0 Å². The zero-order valence-corrected chi connectivity index (χ0v) is 11.7. The molecule has 0 aliphatic rings. The van der Waals surface area contributed by atoms with Gasteiger partial charge in [-0.05, 0) is 13.8 Å². The van der Waals surface area contributed by atoms with Crippen molar-refractivity contribution in [2.24, 2.45) is 7.05 Å². The van der Waals surface area contributed by atoms with Gasteiger partial charge in [-0.1, -0.05) is 13.8 Å². The van der Waals surface area contributed by atoms with E-state index in [0.717, 1.165) is 23.9 Å². The van der Waals surface area contributed by atoms with Crippen molar-refractivity contribution in [3.63, 3.8) is 0 Å². The summed E-state index contributed by atoms with van der Waals surface area (Å²) in [5.74, 6) is 2.07. The number of nitrogens with one attached hydrogen (secondary N) is 1. The van der Waals surface area contributed by atoms with Crippen LogP contribution in [0.15, 0.2) is 12.4 Å². The third kappa shape index (κ3) is 2.31. The molecule has 0 radical (unpaired) electrons. The summed E-state index contributed by atoms with van der Waals surface area (Å²) >= 11 is 0. The standard InChI is InChI=1S/C13H21N5/c1-9(2)15-8-12-10(3)16-17(5)13(12)18-7-6-14-11(18)4/h6-7,9,15H,8H2,1-5H3. The second-order valence-electron chi connectivity index (χ2n) is 4.89. The Labute approximate surface area is 108 Å². The lowest BCUT2D eigenvalue weighted by atomic mass is 10.2. The zero-order chi connectivity index (χ0) is 13.3. The van der Waals surface area contributed by atoms with E-state index < -0.39 is 0 Å². The smallest absolute Gasteiger partial charge is 0.140 e. The summed E-state index contributed by atoms with van der Waals surface area (Å²) in [6.45, 7) is 9.17. The molecule has 0 unspecified atom stereocenters. The molecule has 0 atom stereocenters. The van der Waals surface area contributed by atoms with Crippen LogP contribution < -0.4 is 5.32 Å². The Balaban J connectivity index is 2.43. The Hall–Kier alpha value is -1.62. The van der Waals surface area contributed by atoms with E-state index in [0.29, 0.717) is 6.04 Å². The molecule has 0 aliphatic heterocycles. The fraction of sp³-hybridized carbons (Fsp3) is 0.538. The molecule has 0 bridgehead atoms. The molecule has 0 amide bonds. The van der Waals surface area contributed by atoms with E-state index in [4.69, 9.17) is 0 Å². The Bertz CT molecular complexity index is 536. The van der Waals surface area contributed by atoms with Crippen LogP contribution in [0.1, 0.15) is 30.9 Å². The third-order valence-electron chi connectivity index (χ3n) is 3.05. The van der Waals surface area contributed by atoms with Crippen molar-refractivity contribution in [1.82, 2.24) is 24.6 Å². The second-order valence-corrected chi connectivity index (χ2v) is 4.89. The van der Waals surface area contributed by atoms with Crippen molar-refractivity contribution >= 4 is 0 Å². The molecule has 18 heavy (non-hydrogen) atoms. The lowest BCUT2D eigenvalue weighted by Gasteiger charge is -2.12. The number of aryl methyl sites for hydroxylation is 3. The van der Waals surface area contributed by atoms with Crippen molar-refractivity contribution in [3.8, 4) is 5.82 Å². The topological polar surface area (TPSA) is 47.7 Å². The molecule has 1 N–H and O–H groups in total. The van der Waals surface area contributed by atoms with Crippen LogP contribution >= 0.6 is 0 Å². The van der Waals surface area contributed by atoms with Gasteiger partial charge in [0.1, 0.15) is 11.6 Å². The molecule has 0 saturated heterocycles. The molecule has 0 spiro atoms. The Morgan fingerprint density at radius 3 is 2.61 bits per heavy atom. The summed E-state index contributed by atoms with van der Waals surface area (Å²) < 4.78 is 4.00. The first kappa shape index (κ1) is 12.8. The van der Waals surface area contributed by atoms with Crippen LogP contribution in [0.25, 0.3) is 5.82 Å². The van der Waals surface area contributed by atoms with E-state index in [1.165, 1.54) is 5.56 Å². The maximum absolute atomic E-state index is 4.51. The highest BCUT2D eigenvalue weighted by Crippen LogP contribution is 2.19.